The number of amides is 1. The molecule has 0 aliphatic carbocycles. The number of benzene rings is 1. The average Bonchev–Trinajstić information content (AvgIpc) is 3.51. The van der Waals surface area contributed by atoms with Crippen LogP contribution >= 0.6 is 0 Å². The first-order valence-electron chi connectivity index (χ1n) is 9.43. The van der Waals surface area contributed by atoms with E-state index in [1.54, 1.807) is 19.9 Å². The maximum Gasteiger partial charge on any atom is 0.426 e. The average molecular weight is 439 g/mol. The molecule has 1 aromatic carbocycles. The summed E-state index contributed by atoms with van der Waals surface area (Å²) in [7, 11) is 0. The number of fused-ring (bicyclic) bond motifs is 1. The van der Waals surface area contributed by atoms with Gasteiger partial charge in [0.1, 0.15) is 11.4 Å². The van der Waals surface area contributed by atoms with E-state index in [-0.39, 0.29) is 31.1 Å². The van der Waals surface area contributed by atoms with Crippen LogP contribution < -0.4 is 21.7 Å². The van der Waals surface area contributed by atoms with Gasteiger partial charge in [0.05, 0.1) is 13.2 Å². The standard InChI is InChI=1S/C19H20F3N5O4/c1-17(2)16-24-12(13(28)15(30)27(16)6-7-31-17)14(29)23-9-10-4-3-5-11(8-10)18(25-26-18)19(20,21)22/h3-5,8,25-26,28H,6-7,9H2,1-2H3,(H,23,29). The van der Waals surface area contributed by atoms with Crippen LogP contribution in [0.5, 0.6) is 5.75 Å². The maximum atomic E-state index is 13.3. The Morgan fingerprint density at radius 2 is 2.06 bits per heavy atom. The molecule has 4 rings (SSSR count). The van der Waals surface area contributed by atoms with Gasteiger partial charge in [0.15, 0.2) is 5.69 Å². The number of alkyl halides is 3. The number of ether oxygens (including phenoxy) is 1. The monoisotopic (exact) mass is 439 g/mol. The normalized spacial score (nSPS) is 18.9. The Kier molecular flexibility index (Phi) is 4.83. The second-order valence-electron chi connectivity index (χ2n) is 7.83. The summed E-state index contributed by atoms with van der Waals surface area (Å²) in [5.74, 6) is -1.43. The Labute approximate surface area is 174 Å². The summed E-state index contributed by atoms with van der Waals surface area (Å²) in [6.07, 6.45) is -4.55. The van der Waals surface area contributed by atoms with Crippen molar-refractivity contribution in [1.82, 2.24) is 25.7 Å². The molecule has 0 saturated carbocycles. The van der Waals surface area contributed by atoms with Gasteiger partial charge in [-0.2, -0.15) is 13.2 Å². The Bertz CT molecular complexity index is 1110. The highest BCUT2D eigenvalue weighted by Crippen LogP contribution is 2.42. The fourth-order valence-corrected chi connectivity index (χ4v) is 3.52. The van der Waals surface area contributed by atoms with Gasteiger partial charge in [-0.3, -0.25) is 14.2 Å². The molecular formula is C19H20F3N5O4. The van der Waals surface area contributed by atoms with Gasteiger partial charge in [-0.1, -0.05) is 24.3 Å². The van der Waals surface area contributed by atoms with Gasteiger partial charge in [0.25, 0.3) is 11.5 Å². The second-order valence-corrected chi connectivity index (χ2v) is 7.83. The first-order chi connectivity index (χ1) is 14.5. The minimum atomic E-state index is -4.55. The van der Waals surface area contributed by atoms with Crippen molar-refractivity contribution in [2.24, 2.45) is 0 Å². The van der Waals surface area contributed by atoms with E-state index in [4.69, 9.17) is 4.74 Å². The molecule has 2 aliphatic heterocycles. The number of aromatic nitrogens is 2. The molecule has 4 N–H and O–H groups in total. The largest absolute Gasteiger partial charge is 0.501 e. The smallest absolute Gasteiger partial charge is 0.426 e. The van der Waals surface area contributed by atoms with Gasteiger partial charge in [-0.05, 0) is 25.0 Å². The predicted molar refractivity (Wildman–Crippen MR) is 101 cm³/mol. The van der Waals surface area contributed by atoms with Crippen LogP contribution in [0.1, 0.15) is 41.3 Å². The molecule has 3 heterocycles. The van der Waals surface area contributed by atoms with Crippen molar-refractivity contribution in [1.29, 1.82) is 0 Å². The van der Waals surface area contributed by atoms with Crippen LogP contribution in [0, 0.1) is 0 Å². The number of hydrogen-bond donors (Lipinski definition) is 4. The fourth-order valence-electron chi connectivity index (χ4n) is 3.52. The van der Waals surface area contributed by atoms with Crippen molar-refractivity contribution in [2.75, 3.05) is 6.61 Å². The summed E-state index contributed by atoms with van der Waals surface area (Å²) in [6, 6.07) is 5.59. The lowest BCUT2D eigenvalue weighted by Gasteiger charge is -2.32. The molecule has 1 aromatic heterocycles. The fraction of sp³-hybridized carbons (Fsp3) is 0.421. The van der Waals surface area contributed by atoms with Crippen molar-refractivity contribution in [3.05, 3.63) is 57.3 Å². The van der Waals surface area contributed by atoms with Gasteiger partial charge in [0.2, 0.25) is 11.4 Å². The van der Waals surface area contributed by atoms with E-state index in [0.717, 1.165) is 0 Å². The molecule has 2 aromatic rings. The minimum Gasteiger partial charge on any atom is -0.501 e. The van der Waals surface area contributed by atoms with Gasteiger partial charge in [-0.15, -0.1) is 0 Å². The van der Waals surface area contributed by atoms with Crippen molar-refractivity contribution in [3.63, 3.8) is 0 Å². The molecular weight excluding hydrogens is 419 g/mol. The van der Waals surface area contributed by atoms with E-state index in [9.17, 15) is 27.9 Å². The Morgan fingerprint density at radius 3 is 2.71 bits per heavy atom. The zero-order chi connectivity index (χ0) is 22.6. The van der Waals surface area contributed by atoms with Crippen molar-refractivity contribution in [2.45, 2.75) is 44.4 Å². The molecule has 9 nitrogen and oxygen atoms in total. The van der Waals surface area contributed by atoms with Gasteiger partial charge >= 0.3 is 6.18 Å². The SMILES string of the molecule is CC1(C)OCCn2c1nc(C(=O)NCc1cccc(C3(C(F)(F)F)NN3)c1)c(O)c2=O. The lowest BCUT2D eigenvalue weighted by atomic mass is 10.0. The third-order valence-electron chi connectivity index (χ3n) is 5.29. The first-order valence-corrected chi connectivity index (χ1v) is 9.43. The molecule has 0 radical (unpaired) electrons. The number of nitrogens with zero attached hydrogens (tertiary/aromatic N) is 2. The topological polar surface area (TPSA) is 137 Å². The Hall–Kier alpha value is -2.96. The molecule has 1 amide bonds. The number of rotatable bonds is 4. The summed E-state index contributed by atoms with van der Waals surface area (Å²) in [6.45, 7) is 3.68. The maximum absolute atomic E-state index is 13.3. The Morgan fingerprint density at radius 1 is 1.35 bits per heavy atom. The van der Waals surface area contributed by atoms with E-state index in [2.05, 4.69) is 21.2 Å². The van der Waals surface area contributed by atoms with Gasteiger partial charge < -0.3 is 15.2 Å². The highest BCUT2D eigenvalue weighted by molar-refractivity contribution is 5.94. The summed E-state index contributed by atoms with van der Waals surface area (Å²) in [4.78, 5) is 29.2. The predicted octanol–water partition coefficient (Wildman–Crippen LogP) is 0.967. The number of nitrogens with one attached hydrogen (secondary N) is 3. The molecule has 2 aliphatic rings. The van der Waals surface area contributed by atoms with Crippen molar-refractivity contribution < 1.29 is 27.8 Å². The van der Waals surface area contributed by atoms with E-state index >= 15 is 0 Å². The van der Waals surface area contributed by atoms with Crippen LogP contribution in [-0.4, -0.2) is 33.3 Å². The third-order valence-corrected chi connectivity index (χ3v) is 5.29. The molecule has 0 bridgehead atoms. The zero-order valence-corrected chi connectivity index (χ0v) is 16.6. The number of aromatic hydroxyl groups is 1. The zero-order valence-electron chi connectivity index (χ0n) is 16.6. The minimum absolute atomic E-state index is 0.0568. The summed E-state index contributed by atoms with van der Waals surface area (Å²) >= 11 is 0. The van der Waals surface area contributed by atoms with Crippen LogP contribution in [-0.2, 0) is 29.1 Å². The lowest BCUT2D eigenvalue weighted by molar-refractivity contribution is -0.165. The highest BCUT2D eigenvalue weighted by atomic mass is 19.4. The number of carbonyl (C=O) groups excluding carboxylic acids is 1. The highest BCUT2D eigenvalue weighted by Gasteiger charge is 2.65. The first kappa shape index (κ1) is 21.3. The molecule has 166 valence electrons. The Balaban J connectivity index is 1.56. The van der Waals surface area contributed by atoms with E-state index < -0.39 is 40.4 Å². The molecule has 1 fully saturated rings. The van der Waals surface area contributed by atoms with E-state index in [1.807, 2.05) is 0 Å². The third kappa shape index (κ3) is 3.56. The lowest BCUT2D eigenvalue weighted by Crippen LogP contribution is -2.42. The second kappa shape index (κ2) is 7.04. The molecule has 1 saturated heterocycles. The molecule has 12 heteroatoms. The van der Waals surface area contributed by atoms with Gasteiger partial charge in [-0.25, -0.2) is 15.8 Å². The van der Waals surface area contributed by atoms with Crippen molar-refractivity contribution >= 4 is 5.91 Å². The molecule has 0 unspecified atom stereocenters. The molecule has 31 heavy (non-hydrogen) atoms. The number of hydrogen-bond acceptors (Lipinski definition) is 7. The van der Waals surface area contributed by atoms with E-state index in [1.165, 1.54) is 22.8 Å². The quantitative estimate of drug-likeness (QED) is 0.521. The van der Waals surface area contributed by atoms with Crippen LogP contribution in [0.2, 0.25) is 0 Å². The van der Waals surface area contributed by atoms with Crippen LogP contribution in [0.15, 0.2) is 29.1 Å². The van der Waals surface area contributed by atoms with Crippen molar-refractivity contribution in [3.8, 4) is 5.75 Å². The summed E-state index contributed by atoms with van der Waals surface area (Å²) in [5.41, 5.74) is 0.0901. The van der Waals surface area contributed by atoms with E-state index in [0.29, 0.717) is 5.56 Å². The van der Waals surface area contributed by atoms with Crippen LogP contribution in [0.4, 0.5) is 13.2 Å². The van der Waals surface area contributed by atoms with Crippen LogP contribution in [0.25, 0.3) is 0 Å². The van der Waals surface area contributed by atoms with Gasteiger partial charge in [0, 0.05) is 6.54 Å². The molecule has 0 atom stereocenters. The number of hydrazine groups is 1. The summed E-state index contributed by atoms with van der Waals surface area (Å²) < 4.78 is 46.6. The number of halogens is 3. The van der Waals surface area contributed by atoms with Crippen LogP contribution in [0.3, 0.4) is 0 Å². The summed E-state index contributed by atoms with van der Waals surface area (Å²) in [5, 5.41) is 12.7. The molecule has 0 spiro atoms. The number of carbonyl (C=O) groups is 1.